The van der Waals surface area contributed by atoms with Crippen molar-refractivity contribution in [2.24, 2.45) is 0 Å². The number of hydrogen-bond acceptors (Lipinski definition) is 4. The van der Waals surface area contributed by atoms with Crippen LogP contribution in [0.25, 0.3) is 0 Å². The molecule has 0 unspecified atom stereocenters. The number of nitrogens with one attached hydrogen (secondary N) is 1. The molecule has 0 bridgehead atoms. The van der Waals surface area contributed by atoms with Crippen LogP contribution in [0.4, 0.5) is 4.79 Å². The number of nitrogens with zero attached hydrogens (tertiary/aromatic N) is 1. The van der Waals surface area contributed by atoms with Crippen LogP contribution < -0.4 is 5.32 Å². The molecule has 0 saturated carbocycles. The highest BCUT2D eigenvalue weighted by Gasteiger charge is 2.32. The maximum atomic E-state index is 12.5. The van der Waals surface area contributed by atoms with Crippen LogP contribution in [0.1, 0.15) is 46.5 Å². The van der Waals surface area contributed by atoms with Gasteiger partial charge >= 0.3 is 6.09 Å². The van der Waals surface area contributed by atoms with Crippen molar-refractivity contribution >= 4 is 6.09 Å². The van der Waals surface area contributed by atoms with Crippen LogP contribution in [-0.2, 0) is 9.47 Å². The fourth-order valence-electron chi connectivity index (χ4n) is 2.82. The Hall–Kier alpha value is -0.810. The third-order valence-electron chi connectivity index (χ3n) is 3.80. The lowest BCUT2D eigenvalue weighted by molar-refractivity contribution is -0.00367. The highest BCUT2D eigenvalue weighted by molar-refractivity contribution is 5.68. The van der Waals surface area contributed by atoms with Crippen LogP contribution in [0.15, 0.2) is 0 Å². The lowest BCUT2D eigenvalue weighted by atomic mass is 10.0. The second-order valence-corrected chi connectivity index (χ2v) is 6.75. The highest BCUT2D eigenvalue weighted by Crippen LogP contribution is 2.21. The summed E-state index contributed by atoms with van der Waals surface area (Å²) < 4.78 is 11.3. The van der Waals surface area contributed by atoms with Crippen molar-refractivity contribution in [3.05, 3.63) is 0 Å². The number of piperidine rings is 1. The molecule has 20 heavy (non-hydrogen) atoms. The average molecular weight is 284 g/mol. The molecule has 0 aromatic heterocycles. The van der Waals surface area contributed by atoms with Gasteiger partial charge in [-0.3, -0.25) is 0 Å². The standard InChI is InChI=1S/C15H28N2O3/c1-15(2,3)20-14(18)17(11-13-5-4-10-19-13)12-6-8-16-9-7-12/h12-13,16H,4-11H2,1-3H3/t13-/m0/s1. The summed E-state index contributed by atoms with van der Waals surface area (Å²) in [6.07, 6.45) is 4.11. The molecule has 5 nitrogen and oxygen atoms in total. The van der Waals surface area contributed by atoms with Crippen LogP contribution in [0.2, 0.25) is 0 Å². The van der Waals surface area contributed by atoms with Gasteiger partial charge in [0.15, 0.2) is 0 Å². The van der Waals surface area contributed by atoms with Crippen molar-refractivity contribution in [3.8, 4) is 0 Å². The summed E-state index contributed by atoms with van der Waals surface area (Å²) in [7, 11) is 0. The summed E-state index contributed by atoms with van der Waals surface area (Å²) in [5.41, 5.74) is -0.446. The summed E-state index contributed by atoms with van der Waals surface area (Å²) in [6, 6.07) is 0.273. The Kier molecular flexibility index (Phi) is 5.27. The number of rotatable bonds is 3. The van der Waals surface area contributed by atoms with E-state index in [4.69, 9.17) is 9.47 Å². The van der Waals surface area contributed by atoms with Gasteiger partial charge in [-0.25, -0.2) is 4.79 Å². The minimum Gasteiger partial charge on any atom is -0.444 e. The van der Waals surface area contributed by atoms with Gasteiger partial charge in [0, 0.05) is 12.6 Å². The molecule has 0 radical (unpaired) electrons. The van der Waals surface area contributed by atoms with E-state index in [9.17, 15) is 4.79 Å². The van der Waals surface area contributed by atoms with Gasteiger partial charge in [0.05, 0.1) is 12.6 Å². The fraction of sp³-hybridized carbons (Fsp3) is 0.933. The van der Waals surface area contributed by atoms with Crippen molar-refractivity contribution in [2.75, 3.05) is 26.2 Å². The molecule has 116 valence electrons. The summed E-state index contributed by atoms with van der Waals surface area (Å²) in [6.45, 7) is 9.16. The summed E-state index contributed by atoms with van der Waals surface area (Å²) in [4.78, 5) is 14.4. The van der Waals surface area contributed by atoms with E-state index in [2.05, 4.69) is 5.32 Å². The molecular formula is C15H28N2O3. The van der Waals surface area contributed by atoms with Crippen LogP contribution in [0.5, 0.6) is 0 Å². The van der Waals surface area contributed by atoms with Gasteiger partial charge < -0.3 is 19.7 Å². The van der Waals surface area contributed by atoms with Crippen LogP contribution in [0.3, 0.4) is 0 Å². The average Bonchev–Trinajstić information content (AvgIpc) is 2.87. The van der Waals surface area contributed by atoms with E-state index >= 15 is 0 Å². The molecular weight excluding hydrogens is 256 g/mol. The number of carbonyl (C=O) groups is 1. The van der Waals surface area contributed by atoms with E-state index in [1.54, 1.807) is 0 Å². The van der Waals surface area contributed by atoms with E-state index in [1.807, 2.05) is 25.7 Å². The van der Waals surface area contributed by atoms with E-state index in [0.29, 0.717) is 6.54 Å². The van der Waals surface area contributed by atoms with E-state index in [-0.39, 0.29) is 18.2 Å². The molecule has 1 N–H and O–H groups in total. The van der Waals surface area contributed by atoms with Gasteiger partial charge in [0.2, 0.25) is 0 Å². The zero-order chi connectivity index (χ0) is 14.6. The molecule has 0 aromatic rings. The predicted octanol–water partition coefficient (Wildman–Crippen LogP) is 2.15. The number of hydrogen-bond donors (Lipinski definition) is 1. The second-order valence-electron chi connectivity index (χ2n) is 6.75. The maximum Gasteiger partial charge on any atom is 0.410 e. The number of amides is 1. The molecule has 2 fully saturated rings. The highest BCUT2D eigenvalue weighted by atomic mass is 16.6. The Morgan fingerprint density at radius 2 is 2.00 bits per heavy atom. The molecule has 2 heterocycles. The second kappa shape index (κ2) is 6.76. The van der Waals surface area contributed by atoms with E-state index < -0.39 is 5.60 Å². The van der Waals surface area contributed by atoms with Gasteiger partial charge in [0.25, 0.3) is 0 Å². The summed E-state index contributed by atoms with van der Waals surface area (Å²) >= 11 is 0. The monoisotopic (exact) mass is 284 g/mol. The molecule has 1 amide bonds. The number of ether oxygens (including phenoxy) is 2. The normalized spacial score (nSPS) is 24.6. The van der Waals surface area contributed by atoms with Crippen molar-refractivity contribution in [1.29, 1.82) is 0 Å². The predicted molar refractivity (Wildman–Crippen MR) is 77.8 cm³/mol. The smallest absolute Gasteiger partial charge is 0.410 e. The zero-order valence-corrected chi connectivity index (χ0v) is 13.0. The quantitative estimate of drug-likeness (QED) is 0.863. The summed E-state index contributed by atoms with van der Waals surface area (Å²) in [5.74, 6) is 0. The molecule has 2 saturated heterocycles. The summed E-state index contributed by atoms with van der Waals surface area (Å²) in [5, 5.41) is 3.34. The third-order valence-corrected chi connectivity index (χ3v) is 3.80. The Balaban J connectivity index is 1.99. The van der Waals surface area contributed by atoms with Crippen molar-refractivity contribution in [2.45, 2.75) is 64.2 Å². The molecule has 2 rings (SSSR count). The van der Waals surface area contributed by atoms with Gasteiger partial charge in [-0.1, -0.05) is 0 Å². The first-order valence-electron chi connectivity index (χ1n) is 7.77. The van der Waals surface area contributed by atoms with Crippen LogP contribution in [-0.4, -0.2) is 55.0 Å². The van der Waals surface area contributed by atoms with Crippen molar-refractivity contribution < 1.29 is 14.3 Å². The van der Waals surface area contributed by atoms with Crippen LogP contribution >= 0.6 is 0 Å². The lowest BCUT2D eigenvalue weighted by Crippen LogP contribution is -2.50. The minimum absolute atomic E-state index is 0.178. The fourth-order valence-corrected chi connectivity index (χ4v) is 2.82. The maximum absolute atomic E-state index is 12.5. The Bertz CT molecular complexity index is 316. The molecule has 1 atom stereocenters. The molecule has 2 aliphatic rings. The van der Waals surface area contributed by atoms with E-state index in [0.717, 1.165) is 45.4 Å². The Morgan fingerprint density at radius 1 is 1.30 bits per heavy atom. The van der Waals surface area contributed by atoms with Gasteiger partial charge in [-0.2, -0.15) is 0 Å². The first kappa shape index (κ1) is 15.6. The van der Waals surface area contributed by atoms with Crippen LogP contribution in [0, 0.1) is 0 Å². The third kappa shape index (κ3) is 4.63. The molecule has 5 heteroatoms. The molecule has 0 spiro atoms. The Labute approximate surface area is 122 Å². The molecule has 2 aliphatic heterocycles. The SMILES string of the molecule is CC(C)(C)OC(=O)N(C[C@@H]1CCCO1)C1CCNCC1. The minimum atomic E-state index is -0.446. The van der Waals surface area contributed by atoms with Gasteiger partial charge in [-0.05, 0) is 59.5 Å². The van der Waals surface area contributed by atoms with Crippen molar-refractivity contribution in [1.82, 2.24) is 10.2 Å². The molecule has 0 aromatic carbocycles. The lowest BCUT2D eigenvalue weighted by Gasteiger charge is -2.36. The largest absolute Gasteiger partial charge is 0.444 e. The topological polar surface area (TPSA) is 50.8 Å². The first-order valence-corrected chi connectivity index (χ1v) is 7.77. The van der Waals surface area contributed by atoms with Gasteiger partial charge in [-0.15, -0.1) is 0 Å². The zero-order valence-electron chi connectivity index (χ0n) is 13.0. The molecule has 0 aliphatic carbocycles. The van der Waals surface area contributed by atoms with Gasteiger partial charge in [0.1, 0.15) is 5.60 Å². The van der Waals surface area contributed by atoms with Crippen molar-refractivity contribution in [3.63, 3.8) is 0 Å². The Morgan fingerprint density at radius 3 is 2.55 bits per heavy atom. The number of carbonyl (C=O) groups excluding carboxylic acids is 1. The first-order chi connectivity index (χ1) is 9.46. The van der Waals surface area contributed by atoms with E-state index in [1.165, 1.54) is 0 Å².